The first kappa shape index (κ1) is 9.95. The van der Waals surface area contributed by atoms with Gasteiger partial charge in [-0.05, 0) is 45.4 Å². The summed E-state index contributed by atoms with van der Waals surface area (Å²) in [6.45, 7) is 6.61. The van der Waals surface area contributed by atoms with Crippen molar-refractivity contribution < 1.29 is 4.79 Å². The van der Waals surface area contributed by atoms with Crippen molar-refractivity contribution in [2.75, 3.05) is 0 Å². The third-order valence-corrected chi connectivity index (χ3v) is 4.41. The highest BCUT2D eigenvalue weighted by Crippen LogP contribution is 2.49. The van der Waals surface area contributed by atoms with Crippen molar-refractivity contribution in [3.05, 3.63) is 11.1 Å². The van der Waals surface area contributed by atoms with Gasteiger partial charge in [0.05, 0.1) is 0 Å². The van der Waals surface area contributed by atoms with Crippen LogP contribution in [-0.2, 0) is 4.79 Å². The van der Waals surface area contributed by atoms with E-state index in [1.807, 2.05) is 0 Å². The smallest absolute Gasteiger partial charge is 0.139 e. The molecule has 2 aliphatic rings. The zero-order valence-electron chi connectivity index (χ0n) is 9.52. The predicted molar refractivity (Wildman–Crippen MR) is 58.1 cm³/mol. The van der Waals surface area contributed by atoms with Crippen LogP contribution in [0.1, 0.15) is 52.9 Å². The second kappa shape index (κ2) is 3.22. The second-order valence-electron chi connectivity index (χ2n) is 5.37. The number of Topliss-reactive ketones (excluding diaryl/α,β-unsaturated/α-hetero) is 1. The normalized spacial score (nSPS) is 38.5. The molecule has 2 aliphatic carbocycles. The van der Waals surface area contributed by atoms with Gasteiger partial charge in [0.15, 0.2) is 0 Å². The summed E-state index contributed by atoms with van der Waals surface area (Å²) in [5, 5.41) is 0. The lowest BCUT2D eigenvalue weighted by molar-refractivity contribution is -0.134. The van der Waals surface area contributed by atoms with Gasteiger partial charge in [-0.2, -0.15) is 0 Å². The zero-order valence-corrected chi connectivity index (χ0v) is 9.52. The molecule has 1 fully saturated rings. The van der Waals surface area contributed by atoms with Crippen molar-refractivity contribution in [1.82, 2.24) is 0 Å². The molecule has 0 aromatic carbocycles. The maximum atomic E-state index is 12.0. The van der Waals surface area contributed by atoms with Gasteiger partial charge in [-0.1, -0.05) is 18.1 Å². The number of allylic oxidation sites excluding steroid dienone is 2. The zero-order chi connectivity index (χ0) is 10.3. The van der Waals surface area contributed by atoms with Crippen LogP contribution in [0, 0.1) is 11.3 Å². The van der Waals surface area contributed by atoms with Crippen LogP contribution in [0.3, 0.4) is 0 Å². The summed E-state index contributed by atoms with van der Waals surface area (Å²) >= 11 is 0. The summed E-state index contributed by atoms with van der Waals surface area (Å²) < 4.78 is 0. The third kappa shape index (κ3) is 1.34. The summed E-state index contributed by atoms with van der Waals surface area (Å²) in [7, 11) is 0. The number of carbonyl (C=O) groups is 1. The number of hydrogen-bond donors (Lipinski definition) is 0. The molecule has 0 N–H and O–H groups in total. The van der Waals surface area contributed by atoms with E-state index in [1.165, 1.54) is 17.6 Å². The van der Waals surface area contributed by atoms with Gasteiger partial charge in [0.2, 0.25) is 0 Å². The first-order chi connectivity index (χ1) is 6.54. The Morgan fingerprint density at radius 2 is 2.00 bits per heavy atom. The van der Waals surface area contributed by atoms with E-state index >= 15 is 0 Å². The van der Waals surface area contributed by atoms with Crippen LogP contribution in [0.5, 0.6) is 0 Å². The molecule has 2 atom stereocenters. The Bertz CT molecular complexity index is 300. The van der Waals surface area contributed by atoms with Gasteiger partial charge in [0.25, 0.3) is 0 Å². The van der Waals surface area contributed by atoms with E-state index in [1.54, 1.807) is 0 Å². The minimum Gasteiger partial charge on any atom is -0.299 e. The molecule has 0 radical (unpaired) electrons. The molecule has 0 spiro atoms. The number of hydrogen-bond acceptors (Lipinski definition) is 1. The summed E-state index contributed by atoms with van der Waals surface area (Å²) in [5.74, 6) is 1.15. The van der Waals surface area contributed by atoms with E-state index in [-0.39, 0.29) is 5.41 Å². The Hall–Kier alpha value is -0.590. The van der Waals surface area contributed by atoms with Gasteiger partial charge in [-0.3, -0.25) is 4.79 Å². The minimum atomic E-state index is -0.0121. The summed E-state index contributed by atoms with van der Waals surface area (Å²) in [6, 6.07) is 0. The van der Waals surface area contributed by atoms with Crippen LogP contribution in [0.25, 0.3) is 0 Å². The van der Waals surface area contributed by atoms with E-state index in [4.69, 9.17) is 0 Å². The van der Waals surface area contributed by atoms with Crippen LogP contribution >= 0.6 is 0 Å². The molecular formula is C13H20O. The summed E-state index contributed by atoms with van der Waals surface area (Å²) in [6.07, 6.45) is 5.37. The lowest BCUT2D eigenvalue weighted by atomic mass is 9.59. The van der Waals surface area contributed by atoms with Gasteiger partial charge < -0.3 is 0 Å². The molecule has 14 heavy (non-hydrogen) atoms. The second-order valence-corrected chi connectivity index (χ2v) is 5.37. The molecule has 0 amide bonds. The minimum absolute atomic E-state index is 0.0121. The average molecular weight is 192 g/mol. The molecule has 0 aromatic rings. The topological polar surface area (TPSA) is 17.1 Å². The largest absolute Gasteiger partial charge is 0.299 e. The first-order valence-electron chi connectivity index (χ1n) is 5.72. The Balaban J connectivity index is 2.33. The van der Waals surface area contributed by atoms with Crippen molar-refractivity contribution in [1.29, 1.82) is 0 Å². The lowest BCUT2D eigenvalue weighted by Gasteiger charge is -2.44. The van der Waals surface area contributed by atoms with Crippen molar-refractivity contribution in [3.8, 4) is 0 Å². The molecule has 2 rings (SSSR count). The fourth-order valence-corrected chi connectivity index (χ4v) is 3.16. The van der Waals surface area contributed by atoms with Gasteiger partial charge in [-0.25, -0.2) is 0 Å². The van der Waals surface area contributed by atoms with Crippen LogP contribution in [0.15, 0.2) is 11.1 Å². The van der Waals surface area contributed by atoms with E-state index in [2.05, 4.69) is 20.8 Å². The molecule has 0 aliphatic heterocycles. The molecular weight excluding hydrogens is 172 g/mol. The Kier molecular flexibility index (Phi) is 2.29. The van der Waals surface area contributed by atoms with E-state index in [9.17, 15) is 4.79 Å². The summed E-state index contributed by atoms with van der Waals surface area (Å²) in [4.78, 5) is 12.0. The van der Waals surface area contributed by atoms with Gasteiger partial charge in [-0.15, -0.1) is 0 Å². The monoisotopic (exact) mass is 192 g/mol. The van der Waals surface area contributed by atoms with Crippen LogP contribution in [0.4, 0.5) is 0 Å². The molecule has 78 valence electrons. The fourth-order valence-electron chi connectivity index (χ4n) is 3.16. The average Bonchev–Trinajstić information content (AvgIpc) is 2.11. The SMILES string of the molecule is CC1=C(C)C[C@@]2(C)C(=O)CCC[C@H]2C1. The highest BCUT2D eigenvalue weighted by Gasteiger charge is 2.45. The molecule has 1 saturated carbocycles. The summed E-state index contributed by atoms with van der Waals surface area (Å²) in [5.41, 5.74) is 2.98. The molecule has 1 nitrogen and oxygen atoms in total. The molecule has 1 heteroatoms. The van der Waals surface area contributed by atoms with Crippen LogP contribution < -0.4 is 0 Å². The molecule has 0 heterocycles. The number of fused-ring (bicyclic) bond motifs is 1. The highest BCUT2D eigenvalue weighted by molar-refractivity contribution is 5.86. The quantitative estimate of drug-likeness (QED) is 0.537. The predicted octanol–water partition coefficient (Wildman–Crippen LogP) is 3.49. The highest BCUT2D eigenvalue weighted by atomic mass is 16.1. The van der Waals surface area contributed by atoms with Crippen molar-refractivity contribution in [3.63, 3.8) is 0 Å². The van der Waals surface area contributed by atoms with Crippen molar-refractivity contribution in [2.45, 2.75) is 52.9 Å². The molecule has 0 aromatic heterocycles. The van der Waals surface area contributed by atoms with Crippen molar-refractivity contribution in [2.24, 2.45) is 11.3 Å². The molecule has 0 unspecified atom stereocenters. The Morgan fingerprint density at radius 3 is 2.71 bits per heavy atom. The Labute approximate surface area is 86.6 Å². The number of rotatable bonds is 0. The number of carbonyl (C=O) groups excluding carboxylic acids is 1. The standard InChI is InChI=1S/C13H20O/c1-9-7-11-5-4-6-12(14)13(11,3)8-10(9)2/h11H,4-8H2,1-3H3/t11-,13+/m0/s1. The molecule has 0 saturated heterocycles. The van der Waals surface area contributed by atoms with Crippen molar-refractivity contribution >= 4 is 5.78 Å². The fraction of sp³-hybridized carbons (Fsp3) is 0.769. The molecule has 0 bridgehead atoms. The van der Waals surface area contributed by atoms with E-state index < -0.39 is 0 Å². The third-order valence-electron chi connectivity index (χ3n) is 4.41. The maximum absolute atomic E-state index is 12.0. The van der Waals surface area contributed by atoms with Gasteiger partial charge >= 0.3 is 0 Å². The van der Waals surface area contributed by atoms with E-state index in [0.717, 1.165) is 25.7 Å². The van der Waals surface area contributed by atoms with Gasteiger partial charge in [0, 0.05) is 11.8 Å². The lowest BCUT2D eigenvalue weighted by Crippen LogP contribution is -2.41. The van der Waals surface area contributed by atoms with E-state index in [0.29, 0.717) is 11.7 Å². The number of ketones is 1. The maximum Gasteiger partial charge on any atom is 0.139 e. The van der Waals surface area contributed by atoms with Gasteiger partial charge in [0.1, 0.15) is 5.78 Å². The van der Waals surface area contributed by atoms with Crippen LogP contribution in [-0.4, -0.2) is 5.78 Å². The first-order valence-corrected chi connectivity index (χ1v) is 5.72. The Morgan fingerprint density at radius 1 is 1.29 bits per heavy atom. The van der Waals surface area contributed by atoms with Crippen LogP contribution in [0.2, 0.25) is 0 Å².